The molecular weight excluding hydrogens is 1480 g/mol. The van der Waals surface area contributed by atoms with E-state index in [9.17, 15) is 0 Å². The smallest absolute Gasteiger partial charge is 0.201 e. The highest BCUT2D eigenvalue weighted by Gasteiger charge is 2.25. The summed E-state index contributed by atoms with van der Waals surface area (Å²) >= 11 is 0. The molecule has 10 aromatic carbocycles. The first-order chi connectivity index (χ1) is 65.2. The standard InChI is InChI=1S/C25H30N.4C23H26N/c1-18-14-19(2)23(15-22(18)21-10-8-7-9-11-21)24-13-12-20(17-26(24)6)16-25(3,4)5;2*1-6-19-15-24(5)23(13-16(19)2)22-14-21(17(3)12-18(22)4)20-10-8-7-9-11-20;2*1-6-19-13-23(24(5)15-18(19)4)22-14-21(16(2)12-17(22)3)20-10-8-7-9-11-20/h7-15,17H,16H2,1-6H3;4*7-15H,6H2,1-5H3/q5*+1/i1D3,16D2;3D3,6D2;;2D3,4D3,6D2;. The van der Waals surface area contributed by atoms with Crippen LogP contribution in [0.1, 0.15) is 179 Å². The fourth-order valence-electron chi connectivity index (χ4n) is 16.3. The van der Waals surface area contributed by atoms with Gasteiger partial charge in [0.25, 0.3) is 0 Å². The van der Waals surface area contributed by atoms with Gasteiger partial charge in [0.15, 0.2) is 31.0 Å². The van der Waals surface area contributed by atoms with Crippen molar-refractivity contribution in [3.05, 3.63) is 385 Å². The second kappa shape index (κ2) is 40.5. The Bertz CT molecular complexity index is 6980. The summed E-state index contributed by atoms with van der Waals surface area (Å²) < 4.78 is 155. The normalized spacial score (nSPS) is 14.0. The largest absolute Gasteiger partial charge is 0.212 e. The van der Waals surface area contributed by atoms with E-state index in [1.54, 1.807) is 55.8 Å². The minimum absolute atomic E-state index is 0.0451. The Labute approximate surface area is 758 Å². The third kappa shape index (κ3) is 21.8. The van der Waals surface area contributed by atoms with Gasteiger partial charge in [-0.3, -0.25) is 0 Å². The predicted octanol–water partition coefficient (Wildman–Crippen LogP) is 27.4. The SMILES string of the molecule is CCc1c[n+](C)c(-c2cc(-c3ccccc3)c(C)cc2C)cc1C.CCc1cc(-c2cc(-c3ccccc3)c(C)cc2C)[n+](C)cc1C.[2H]C([2H])([2H])c1cc(C)c(-c2cc(C([2H])([2H])C)c(C([2H])([2H])[2H])c[n+]2C)cc1-c1ccccc1.[2H]C([2H])([2H])c1cc(C)c(-c2cc(C)c(C([2H])([2H])C)c[n+]2C)cc1-c1ccccc1.[2H]C([2H])([2H])c1cc(C)c(-c2ccc(C([2H])([2H])C(C)(C)C)c[n+]2C)cc1-c1ccccc1. The number of benzene rings is 10. The van der Waals surface area contributed by atoms with Crippen LogP contribution in [-0.2, 0) is 67.2 Å². The Morgan fingerprint density at radius 2 is 0.508 bits per heavy atom. The summed E-state index contributed by atoms with van der Waals surface area (Å²) in [6, 6.07) is 81.8. The maximum Gasteiger partial charge on any atom is 0.212 e. The first-order valence-corrected chi connectivity index (χ1v) is 42.3. The fraction of sp³-hybridized carbons (Fsp3) is 0.274. The van der Waals surface area contributed by atoms with Crippen molar-refractivity contribution in [2.45, 2.75) is 177 Å². The molecule has 5 heterocycles. The van der Waals surface area contributed by atoms with Crippen molar-refractivity contribution in [3.8, 4) is 112 Å². The molecule has 0 saturated carbocycles. The zero-order chi connectivity index (χ0) is 103. The third-order valence-electron chi connectivity index (χ3n) is 22.9. The molecule has 5 nitrogen and oxygen atoms in total. The summed E-state index contributed by atoms with van der Waals surface area (Å²) in [5.74, 6) is 0. The van der Waals surface area contributed by atoms with Gasteiger partial charge in [0.2, 0.25) is 28.5 Å². The van der Waals surface area contributed by atoms with Crippen LogP contribution in [0.15, 0.2) is 280 Å². The molecule has 15 aromatic rings. The molecule has 15 rings (SSSR count). The van der Waals surface area contributed by atoms with E-state index in [0.717, 1.165) is 68.7 Å². The third-order valence-corrected chi connectivity index (χ3v) is 22.9. The molecule has 5 aromatic heterocycles. The highest BCUT2D eigenvalue weighted by molar-refractivity contribution is 5.81. The van der Waals surface area contributed by atoms with Gasteiger partial charge in [-0.2, -0.15) is 0 Å². The summed E-state index contributed by atoms with van der Waals surface area (Å²) in [6.07, 6.45) is 6.96. The number of aromatic nitrogens is 5. The van der Waals surface area contributed by atoms with E-state index in [2.05, 4.69) is 188 Å². The van der Waals surface area contributed by atoms with E-state index >= 15 is 0 Å². The van der Waals surface area contributed by atoms with Crippen molar-refractivity contribution in [1.29, 1.82) is 0 Å². The molecule has 0 aliphatic heterocycles. The molecule has 122 heavy (non-hydrogen) atoms. The van der Waals surface area contributed by atoms with Crippen LogP contribution in [0, 0.1) is 102 Å². The van der Waals surface area contributed by atoms with Crippen molar-refractivity contribution < 1.29 is 47.5 Å². The highest BCUT2D eigenvalue weighted by atomic mass is 14.9. The number of hydrogen-bond acceptors (Lipinski definition) is 0. The van der Waals surface area contributed by atoms with Crippen LogP contribution < -0.4 is 22.8 Å². The van der Waals surface area contributed by atoms with E-state index in [-0.39, 0.29) is 16.7 Å². The van der Waals surface area contributed by atoms with E-state index < -0.39 is 51.9 Å². The van der Waals surface area contributed by atoms with Crippen LogP contribution in [0.5, 0.6) is 0 Å². The number of rotatable bonds is 15. The molecule has 0 spiro atoms. The lowest BCUT2D eigenvalue weighted by molar-refractivity contribution is -0.661. The predicted molar refractivity (Wildman–Crippen MR) is 519 cm³/mol. The molecule has 0 aliphatic carbocycles. The zero-order valence-corrected chi connectivity index (χ0v) is 75.7. The Balaban J connectivity index is 0.000000168. The number of aryl methyl sites for hydroxylation is 23. The molecule has 0 unspecified atom stereocenters. The van der Waals surface area contributed by atoms with Gasteiger partial charge in [0.1, 0.15) is 35.2 Å². The molecule has 0 fully saturated rings. The second-order valence-corrected chi connectivity index (χ2v) is 33.3. The molecule has 0 radical (unpaired) electrons. The Kier molecular flexibility index (Phi) is 22.8. The van der Waals surface area contributed by atoms with Gasteiger partial charge >= 0.3 is 0 Å². The summed E-state index contributed by atoms with van der Waals surface area (Å²) in [7, 11) is 9.79. The van der Waals surface area contributed by atoms with Crippen LogP contribution in [0.2, 0.25) is 0 Å². The van der Waals surface area contributed by atoms with Crippen molar-refractivity contribution in [3.63, 3.8) is 0 Å². The fourth-order valence-corrected chi connectivity index (χ4v) is 16.3. The maximum atomic E-state index is 8.57. The summed E-state index contributed by atoms with van der Waals surface area (Å²) in [5, 5.41) is 0. The van der Waals surface area contributed by atoms with Gasteiger partial charge in [-0.05, 0) is 304 Å². The Morgan fingerprint density at radius 1 is 0.238 bits per heavy atom. The van der Waals surface area contributed by atoms with E-state index in [1.807, 2.05) is 198 Å². The highest BCUT2D eigenvalue weighted by Crippen LogP contribution is 2.38. The monoisotopic (exact) mass is 1630 g/mol. The molecule has 622 valence electrons. The van der Waals surface area contributed by atoms with Crippen molar-refractivity contribution >= 4 is 0 Å². The van der Waals surface area contributed by atoms with E-state index in [1.165, 1.54) is 102 Å². The van der Waals surface area contributed by atoms with Crippen LogP contribution in [0.25, 0.3) is 112 Å². The van der Waals surface area contributed by atoms with Gasteiger partial charge in [0.05, 0.1) is 0 Å². The average molecular weight is 1630 g/mol. The topological polar surface area (TPSA) is 19.4 Å². The van der Waals surface area contributed by atoms with E-state index in [4.69, 9.17) is 24.7 Å². The average Bonchev–Trinajstić information content (AvgIpc) is 0.764. The Morgan fingerprint density at radius 3 is 0.828 bits per heavy atom. The number of nitrogens with zero attached hydrogens (tertiary/aromatic N) is 5. The second-order valence-electron chi connectivity index (χ2n) is 33.3. The quantitative estimate of drug-likeness (QED) is 0.0912. The van der Waals surface area contributed by atoms with Gasteiger partial charge in [-0.1, -0.05) is 230 Å². The first kappa shape index (κ1) is 68.6. The molecule has 0 amide bonds. The van der Waals surface area contributed by atoms with Gasteiger partial charge < -0.3 is 0 Å². The summed E-state index contributed by atoms with van der Waals surface area (Å²) in [6.45, 7) is 24.6. The van der Waals surface area contributed by atoms with Crippen LogP contribution in [-0.4, -0.2) is 0 Å². The Hall–Kier alpha value is -12.1. The van der Waals surface area contributed by atoms with Crippen LogP contribution >= 0.6 is 0 Å². The minimum atomic E-state index is -2.47. The lowest BCUT2D eigenvalue weighted by Crippen LogP contribution is -2.32. The molecular formula is C117H134N5+5. The maximum absolute atomic E-state index is 8.57. The number of pyridine rings is 5. The molecule has 5 heteroatoms. The molecule has 0 bridgehead atoms. The number of hydrogen-bond donors (Lipinski definition) is 0. The lowest BCUT2D eigenvalue weighted by atomic mass is 9.88. The minimum Gasteiger partial charge on any atom is -0.201 e. The zero-order valence-electron chi connectivity index (χ0n) is 93.7. The van der Waals surface area contributed by atoms with Crippen LogP contribution in [0.3, 0.4) is 0 Å². The molecule has 0 atom stereocenters. The van der Waals surface area contributed by atoms with E-state index in [0.29, 0.717) is 55.8 Å². The van der Waals surface area contributed by atoms with Gasteiger partial charge in [0, 0.05) is 111 Å². The van der Waals surface area contributed by atoms with Crippen LogP contribution in [0.4, 0.5) is 0 Å². The van der Waals surface area contributed by atoms with Gasteiger partial charge in [-0.15, -0.1) is 0 Å². The van der Waals surface area contributed by atoms with Gasteiger partial charge in [-0.25, -0.2) is 22.8 Å². The van der Waals surface area contributed by atoms with Crippen molar-refractivity contribution in [2.24, 2.45) is 40.7 Å². The molecule has 0 N–H and O–H groups in total. The van der Waals surface area contributed by atoms with Crippen molar-refractivity contribution in [2.75, 3.05) is 0 Å². The summed E-state index contributed by atoms with van der Waals surface area (Å²) in [4.78, 5) is 0. The first-order valence-electron chi connectivity index (χ1n) is 51.3. The lowest BCUT2D eigenvalue weighted by Gasteiger charge is -2.17. The molecule has 0 aliphatic rings. The summed E-state index contributed by atoms with van der Waals surface area (Å²) in [5.41, 5.74) is 35.6. The molecule has 0 saturated heterocycles. The van der Waals surface area contributed by atoms with Crippen molar-refractivity contribution in [1.82, 2.24) is 0 Å².